The number of rotatable bonds is 5. The molecular formula is C23H31N5O. The fraction of sp³-hybridized carbons (Fsp3) is 0.652. The van der Waals surface area contributed by atoms with Crippen molar-refractivity contribution in [2.75, 3.05) is 44.2 Å². The molecule has 0 unspecified atom stereocenters. The zero-order valence-electron chi connectivity index (χ0n) is 17.2. The first-order valence-corrected chi connectivity index (χ1v) is 11.5. The van der Waals surface area contributed by atoms with E-state index in [2.05, 4.69) is 43.5 Å². The van der Waals surface area contributed by atoms with Crippen LogP contribution in [-0.4, -0.2) is 64.4 Å². The van der Waals surface area contributed by atoms with E-state index in [-0.39, 0.29) is 6.04 Å². The number of nitrogens with zero attached hydrogens (tertiary/aromatic N) is 5. The van der Waals surface area contributed by atoms with Gasteiger partial charge >= 0.3 is 0 Å². The highest BCUT2D eigenvalue weighted by atomic mass is 16.2. The van der Waals surface area contributed by atoms with Crippen LogP contribution in [0.25, 0.3) is 5.65 Å². The number of fused-ring (bicyclic) bond motifs is 1. The Hall–Kier alpha value is -2.08. The Morgan fingerprint density at radius 1 is 1.03 bits per heavy atom. The number of piperazine rings is 1. The van der Waals surface area contributed by atoms with Crippen LogP contribution in [0.5, 0.6) is 0 Å². The normalized spacial score (nSPS) is 25.9. The van der Waals surface area contributed by atoms with E-state index >= 15 is 0 Å². The van der Waals surface area contributed by atoms with E-state index in [0.29, 0.717) is 11.8 Å². The molecule has 6 rings (SSSR count). The van der Waals surface area contributed by atoms with E-state index in [4.69, 9.17) is 4.98 Å². The lowest BCUT2D eigenvalue weighted by molar-refractivity contribution is -0.135. The molecule has 154 valence electrons. The van der Waals surface area contributed by atoms with E-state index in [9.17, 15) is 4.79 Å². The Balaban J connectivity index is 1.32. The SMILES string of the molecule is O=C(C1CC1)N1CCN(CC2CC2)[C@H](c2cn3c(N4CCCC4)cccc3n2)C1. The summed E-state index contributed by atoms with van der Waals surface area (Å²) in [5, 5.41) is 0. The van der Waals surface area contributed by atoms with Gasteiger partial charge in [-0.1, -0.05) is 6.07 Å². The second kappa shape index (κ2) is 7.01. The van der Waals surface area contributed by atoms with Crippen LogP contribution in [-0.2, 0) is 4.79 Å². The van der Waals surface area contributed by atoms with Crippen LogP contribution in [0.1, 0.15) is 50.3 Å². The summed E-state index contributed by atoms with van der Waals surface area (Å²) < 4.78 is 2.28. The first-order chi connectivity index (χ1) is 14.3. The molecule has 6 nitrogen and oxygen atoms in total. The molecule has 0 radical (unpaired) electrons. The Bertz CT molecular complexity index is 909. The monoisotopic (exact) mass is 393 g/mol. The molecule has 2 saturated carbocycles. The van der Waals surface area contributed by atoms with E-state index in [1.807, 2.05) is 0 Å². The highest BCUT2D eigenvalue weighted by Crippen LogP contribution is 2.37. The fourth-order valence-electron chi connectivity index (χ4n) is 5.12. The van der Waals surface area contributed by atoms with Crippen LogP contribution in [0.4, 0.5) is 5.82 Å². The van der Waals surface area contributed by atoms with Gasteiger partial charge in [0, 0.05) is 51.4 Å². The Morgan fingerprint density at radius 2 is 1.86 bits per heavy atom. The summed E-state index contributed by atoms with van der Waals surface area (Å²) in [7, 11) is 0. The Kier molecular flexibility index (Phi) is 4.29. The minimum Gasteiger partial charge on any atom is -0.358 e. The summed E-state index contributed by atoms with van der Waals surface area (Å²) in [5.74, 6) is 2.78. The maximum atomic E-state index is 12.8. The zero-order valence-corrected chi connectivity index (χ0v) is 17.2. The smallest absolute Gasteiger partial charge is 0.225 e. The summed E-state index contributed by atoms with van der Waals surface area (Å²) in [6.45, 7) is 6.08. The van der Waals surface area contributed by atoms with Gasteiger partial charge in [0.1, 0.15) is 11.5 Å². The summed E-state index contributed by atoms with van der Waals surface area (Å²) in [5.41, 5.74) is 2.16. The molecule has 1 atom stereocenters. The summed E-state index contributed by atoms with van der Waals surface area (Å²) >= 11 is 0. The molecule has 6 heteroatoms. The largest absolute Gasteiger partial charge is 0.358 e. The predicted octanol–water partition coefficient (Wildman–Crippen LogP) is 2.94. The topological polar surface area (TPSA) is 44.1 Å². The molecule has 0 aromatic carbocycles. The summed E-state index contributed by atoms with van der Waals surface area (Å²) in [6, 6.07) is 6.68. The van der Waals surface area contributed by atoms with Crippen molar-refractivity contribution in [1.29, 1.82) is 0 Å². The number of aromatic nitrogens is 2. The molecule has 4 heterocycles. The first-order valence-electron chi connectivity index (χ1n) is 11.5. The van der Waals surface area contributed by atoms with Crippen molar-refractivity contribution < 1.29 is 4.79 Å². The van der Waals surface area contributed by atoms with Gasteiger partial charge in [0.25, 0.3) is 0 Å². The molecule has 2 saturated heterocycles. The van der Waals surface area contributed by atoms with Crippen molar-refractivity contribution in [1.82, 2.24) is 19.2 Å². The third kappa shape index (κ3) is 3.41. The molecule has 2 aliphatic heterocycles. The van der Waals surface area contributed by atoms with Crippen molar-refractivity contribution in [3.05, 3.63) is 30.1 Å². The van der Waals surface area contributed by atoms with Crippen LogP contribution in [0, 0.1) is 11.8 Å². The third-order valence-corrected chi connectivity index (χ3v) is 7.18. The predicted molar refractivity (Wildman–Crippen MR) is 113 cm³/mol. The molecule has 2 aromatic rings. The van der Waals surface area contributed by atoms with Crippen molar-refractivity contribution >= 4 is 17.4 Å². The molecule has 0 N–H and O–H groups in total. The van der Waals surface area contributed by atoms with E-state index in [0.717, 1.165) is 69.4 Å². The van der Waals surface area contributed by atoms with Crippen molar-refractivity contribution in [2.45, 2.75) is 44.6 Å². The quantitative estimate of drug-likeness (QED) is 0.784. The number of anilines is 1. The maximum absolute atomic E-state index is 12.8. The summed E-state index contributed by atoms with van der Waals surface area (Å²) in [6.07, 6.45) is 9.68. The molecular weight excluding hydrogens is 362 g/mol. The lowest BCUT2D eigenvalue weighted by atomic mass is 10.1. The van der Waals surface area contributed by atoms with Gasteiger partial charge in [-0.15, -0.1) is 0 Å². The molecule has 0 bridgehead atoms. The molecule has 1 amide bonds. The van der Waals surface area contributed by atoms with Gasteiger partial charge in [0.05, 0.1) is 11.7 Å². The number of hydrogen-bond donors (Lipinski definition) is 0. The zero-order chi connectivity index (χ0) is 19.4. The first kappa shape index (κ1) is 17.8. The molecule has 2 aromatic heterocycles. The van der Waals surface area contributed by atoms with Gasteiger partial charge in [-0.3, -0.25) is 14.1 Å². The number of hydrogen-bond acceptors (Lipinski definition) is 4. The van der Waals surface area contributed by atoms with E-state index in [1.54, 1.807) is 0 Å². The van der Waals surface area contributed by atoms with Gasteiger partial charge in [0.2, 0.25) is 5.91 Å². The van der Waals surface area contributed by atoms with Gasteiger partial charge in [-0.25, -0.2) is 4.98 Å². The number of carbonyl (C=O) groups is 1. The standard InChI is InChI=1S/C23H31N5O/c29-23(18-8-9-18)27-13-12-26(14-17-6-7-17)20(16-27)19-15-28-21(24-19)4-3-5-22(28)25-10-1-2-11-25/h3-5,15,17-18,20H,1-2,6-14,16H2/t20-/m0/s1. The van der Waals surface area contributed by atoms with Crippen LogP contribution in [0.2, 0.25) is 0 Å². The van der Waals surface area contributed by atoms with Crippen LogP contribution in [0.15, 0.2) is 24.4 Å². The molecule has 0 spiro atoms. The van der Waals surface area contributed by atoms with Crippen molar-refractivity contribution in [3.8, 4) is 0 Å². The average Bonchev–Trinajstić information content (AvgIpc) is 3.65. The van der Waals surface area contributed by atoms with Crippen molar-refractivity contribution in [3.63, 3.8) is 0 Å². The second-order valence-corrected chi connectivity index (χ2v) is 9.48. The average molecular weight is 394 g/mol. The van der Waals surface area contributed by atoms with Crippen LogP contribution < -0.4 is 4.90 Å². The fourth-order valence-corrected chi connectivity index (χ4v) is 5.12. The molecule has 4 fully saturated rings. The second-order valence-electron chi connectivity index (χ2n) is 9.48. The Labute approximate surface area is 172 Å². The minimum atomic E-state index is 0.221. The summed E-state index contributed by atoms with van der Waals surface area (Å²) in [4.78, 5) is 25.0. The highest BCUT2D eigenvalue weighted by Gasteiger charge is 2.39. The van der Waals surface area contributed by atoms with Crippen LogP contribution in [0.3, 0.4) is 0 Å². The number of carbonyl (C=O) groups excluding carboxylic acids is 1. The van der Waals surface area contributed by atoms with Crippen molar-refractivity contribution in [2.24, 2.45) is 11.8 Å². The highest BCUT2D eigenvalue weighted by molar-refractivity contribution is 5.81. The molecule has 2 aliphatic carbocycles. The van der Waals surface area contributed by atoms with E-state index in [1.165, 1.54) is 31.5 Å². The lowest BCUT2D eigenvalue weighted by Gasteiger charge is -2.41. The third-order valence-electron chi connectivity index (χ3n) is 7.18. The minimum absolute atomic E-state index is 0.221. The van der Waals surface area contributed by atoms with Crippen LogP contribution >= 0.6 is 0 Å². The van der Waals surface area contributed by atoms with Gasteiger partial charge in [-0.2, -0.15) is 0 Å². The van der Waals surface area contributed by atoms with E-state index < -0.39 is 0 Å². The number of imidazole rings is 1. The van der Waals surface area contributed by atoms with Gasteiger partial charge in [-0.05, 0) is 56.6 Å². The number of amides is 1. The maximum Gasteiger partial charge on any atom is 0.225 e. The van der Waals surface area contributed by atoms with Gasteiger partial charge in [0.15, 0.2) is 0 Å². The van der Waals surface area contributed by atoms with Gasteiger partial charge < -0.3 is 9.80 Å². The molecule has 4 aliphatic rings. The molecule has 29 heavy (non-hydrogen) atoms. The number of pyridine rings is 1. The Morgan fingerprint density at radius 3 is 2.62 bits per heavy atom. The lowest BCUT2D eigenvalue weighted by Crippen LogP contribution is -2.51.